The van der Waals surface area contributed by atoms with Crippen molar-refractivity contribution in [3.05, 3.63) is 47.8 Å². The second-order valence-electron chi connectivity index (χ2n) is 5.66. The number of hydrogen-bond donors (Lipinski definition) is 1. The summed E-state index contributed by atoms with van der Waals surface area (Å²) in [5.74, 6) is 0. The Labute approximate surface area is 103 Å². The average molecular weight is 225 g/mol. The van der Waals surface area contributed by atoms with Gasteiger partial charge in [0.15, 0.2) is 0 Å². The van der Waals surface area contributed by atoms with Crippen LogP contribution in [0.2, 0.25) is 0 Å². The third-order valence-electron chi connectivity index (χ3n) is 3.98. The Morgan fingerprint density at radius 1 is 1.12 bits per heavy atom. The number of nitrogens with one attached hydrogen (secondary N) is 1. The third kappa shape index (κ3) is 1.70. The van der Waals surface area contributed by atoms with Gasteiger partial charge in [-0.2, -0.15) is 0 Å². The highest BCUT2D eigenvalue weighted by Crippen LogP contribution is 2.40. The molecule has 1 aromatic carbocycles. The highest BCUT2D eigenvalue weighted by atomic mass is 14.7. The second-order valence-corrected chi connectivity index (χ2v) is 5.66. The molecule has 2 aromatic rings. The normalized spacial score (nSPS) is 17.8. The number of benzene rings is 1. The fourth-order valence-corrected chi connectivity index (χ4v) is 3.02. The number of aromatic amines is 1. The Bertz CT molecular complexity index is 520. The Kier molecular flexibility index (Phi) is 2.36. The first kappa shape index (κ1) is 10.6. The minimum Gasteiger partial charge on any atom is -0.364 e. The van der Waals surface area contributed by atoms with Crippen LogP contribution in [0.15, 0.2) is 36.5 Å². The van der Waals surface area contributed by atoms with Crippen LogP contribution in [0.3, 0.4) is 0 Å². The SMILES string of the molecule is CC1(C)CCCc2c(-c3ccccc3)c[nH]c21. The van der Waals surface area contributed by atoms with Crippen molar-refractivity contribution in [2.45, 2.75) is 38.5 Å². The van der Waals surface area contributed by atoms with E-state index in [1.54, 1.807) is 0 Å². The Hall–Kier alpha value is -1.50. The number of fused-ring (bicyclic) bond motifs is 1. The molecule has 0 atom stereocenters. The molecule has 1 nitrogen and oxygen atoms in total. The molecular weight excluding hydrogens is 206 g/mol. The van der Waals surface area contributed by atoms with Crippen molar-refractivity contribution >= 4 is 0 Å². The van der Waals surface area contributed by atoms with Crippen molar-refractivity contribution in [1.82, 2.24) is 4.98 Å². The Morgan fingerprint density at radius 3 is 2.65 bits per heavy atom. The van der Waals surface area contributed by atoms with Crippen molar-refractivity contribution in [3.63, 3.8) is 0 Å². The first-order valence-corrected chi connectivity index (χ1v) is 6.45. The molecule has 0 radical (unpaired) electrons. The summed E-state index contributed by atoms with van der Waals surface area (Å²) in [5.41, 5.74) is 6.02. The lowest BCUT2D eigenvalue weighted by atomic mass is 9.75. The Morgan fingerprint density at radius 2 is 1.88 bits per heavy atom. The third-order valence-corrected chi connectivity index (χ3v) is 3.98. The number of rotatable bonds is 1. The largest absolute Gasteiger partial charge is 0.364 e. The molecule has 1 N–H and O–H groups in total. The number of hydrogen-bond acceptors (Lipinski definition) is 0. The Balaban J connectivity index is 2.13. The van der Waals surface area contributed by atoms with Gasteiger partial charge in [-0.3, -0.25) is 0 Å². The lowest BCUT2D eigenvalue weighted by Crippen LogP contribution is -2.23. The van der Waals surface area contributed by atoms with Crippen LogP contribution in [0.25, 0.3) is 11.1 Å². The maximum Gasteiger partial charge on any atom is 0.0243 e. The van der Waals surface area contributed by atoms with Crippen molar-refractivity contribution in [3.8, 4) is 11.1 Å². The highest BCUT2D eigenvalue weighted by Gasteiger charge is 2.30. The minimum absolute atomic E-state index is 0.306. The first-order chi connectivity index (χ1) is 8.18. The smallest absolute Gasteiger partial charge is 0.0243 e. The molecule has 0 amide bonds. The van der Waals surface area contributed by atoms with E-state index in [0.29, 0.717) is 5.41 Å². The summed E-state index contributed by atoms with van der Waals surface area (Å²) >= 11 is 0. The van der Waals surface area contributed by atoms with Gasteiger partial charge in [0.1, 0.15) is 0 Å². The molecule has 1 aliphatic carbocycles. The van der Waals surface area contributed by atoms with Gasteiger partial charge >= 0.3 is 0 Å². The molecule has 1 heterocycles. The first-order valence-electron chi connectivity index (χ1n) is 6.45. The van der Waals surface area contributed by atoms with Crippen LogP contribution in [0, 0.1) is 0 Å². The van der Waals surface area contributed by atoms with E-state index in [1.165, 1.54) is 41.6 Å². The van der Waals surface area contributed by atoms with E-state index in [4.69, 9.17) is 0 Å². The fourth-order valence-electron chi connectivity index (χ4n) is 3.02. The van der Waals surface area contributed by atoms with Gasteiger partial charge in [0.25, 0.3) is 0 Å². The van der Waals surface area contributed by atoms with Crippen molar-refractivity contribution in [2.75, 3.05) is 0 Å². The average Bonchev–Trinajstić information content (AvgIpc) is 2.75. The van der Waals surface area contributed by atoms with Crippen molar-refractivity contribution < 1.29 is 0 Å². The van der Waals surface area contributed by atoms with Crippen LogP contribution in [0.5, 0.6) is 0 Å². The molecule has 0 aliphatic heterocycles. The van der Waals surface area contributed by atoms with Crippen molar-refractivity contribution in [1.29, 1.82) is 0 Å². The molecule has 0 saturated carbocycles. The van der Waals surface area contributed by atoms with Gasteiger partial charge in [0.2, 0.25) is 0 Å². The molecule has 17 heavy (non-hydrogen) atoms. The molecule has 1 aliphatic rings. The summed E-state index contributed by atoms with van der Waals surface area (Å²) in [7, 11) is 0. The van der Waals surface area contributed by atoms with Gasteiger partial charge in [-0.15, -0.1) is 0 Å². The zero-order valence-electron chi connectivity index (χ0n) is 10.6. The van der Waals surface area contributed by atoms with E-state index < -0.39 is 0 Å². The maximum absolute atomic E-state index is 3.51. The fraction of sp³-hybridized carbons (Fsp3) is 0.375. The monoisotopic (exact) mass is 225 g/mol. The van der Waals surface area contributed by atoms with E-state index in [9.17, 15) is 0 Å². The van der Waals surface area contributed by atoms with Gasteiger partial charge in [0.05, 0.1) is 0 Å². The zero-order chi connectivity index (χ0) is 11.9. The quantitative estimate of drug-likeness (QED) is 0.745. The van der Waals surface area contributed by atoms with Crippen LogP contribution in [0.4, 0.5) is 0 Å². The lowest BCUT2D eigenvalue weighted by molar-refractivity contribution is 0.422. The molecule has 0 fully saturated rings. The van der Waals surface area contributed by atoms with E-state index in [0.717, 1.165) is 0 Å². The maximum atomic E-state index is 3.51. The lowest BCUT2D eigenvalue weighted by Gasteiger charge is -2.30. The van der Waals surface area contributed by atoms with Gasteiger partial charge in [-0.1, -0.05) is 44.2 Å². The summed E-state index contributed by atoms with van der Waals surface area (Å²) in [4.78, 5) is 3.51. The summed E-state index contributed by atoms with van der Waals surface area (Å²) < 4.78 is 0. The standard InChI is InChI=1S/C16H19N/c1-16(2)10-6-9-13-14(11-17-15(13)16)12-7-4-3-5-8-12/h3-5,7-8,11,17H,6,9-10H2,1-2H3. The molecule has 0 unspecified atom stereocenters. The van der Waals surface area contributed by atoms with Gasteiger partial charge in [0, 0.05) is 22.9 Å². The second kappa shape index (κ2) is 3.76. The van der Waals surface area contributed by atoms with Crippen molar-refractivity contribution in [2.24, 2.45) is 0 Å². The zero-order valence-corrected chi connectivity index (χ0v) is 10.6. The van der Waals surface area contributed by atoms with E-state index in [1.807, 2.05) is 0 Å². The number of aromatic nitrogens is 1. The molecule has 88 valence electrons. The molecule has 1 aromatic heterocycles. The highest BCUT2D eigenvalue weighted by molar-refractivity contribution is 5.69. The van der Waals surface area contributed by atoms with Gasteiger partial charge in [-0.25, -0.2) is 0 Å². The van der Waals surface area contributed by atoms with Gasteiger partial charge < -0.3 is 4.98 Å². The molecule has 0 saturated heterocycles. The summed E-state index contributed by atoms with van der Waals surface area (Å²) in [6, 6.07) is 10.7. The molecule has 0 spiro atoms. The predicted octanol–water partition coefficient (Wildman–Crippen LogP) is 4.30. The molecular formula is C16H19N. The van der Waals surface area contributed by atoms with Crippen LogP contribution in [-0.4, -0.2) is 4.98 Å². The molecule has 0 bridgehead atoms. The summed E-state index contributed by atoms with van der Waals surface area (Å²) in [6.45, 7) is 4.69. The summed E-state index contributed by atoms with van der Waals surface area (Å²) in [6.07, 6.45) is 5.99. The number of H-pyrrole nitrogens is 1. The van der Waals surface area contributed by atoms with Gasteiger partial charge in [-0.05, 0) is 30.4 Å². The predicted molar refractivity (Wildman–Crippen MR) is 72.2 cm³/mol. The van der Waals surface area contributed by atoms with E-state index >= 15 is 0 Å². The van der Waals surface area contributed by atoms with Crippen LogP contribution < -0.4 is 0 Å². The summed E-state index contributed by atoms with van der Waals surface area (Å²) in [5, 5.41) is 0. The topological polar surface area (TPSA) is 15.8 Å². The molecule has 1 heteroatoms. The van der Waals surface area contributed by atoms with Crippen LogP contribution in [0.1, 0.15) is 37.9 Å². The van der Waals surface area contributed by atoms with E-state index in [2.05, 4.69) is 55.4 Å². The minimum atomic E-state index is 0.306. The van der Waals surface area contributed by atoms with Crippen LogP contribution >= 0.6 is 0 Å². The van der Waals surface area contributed by atoms with Crippen LogP contribution in [-0.2, 0) is 11.8 Å². The van der Waals surface area contributed by atoms with E-state index in [-0.39, 0.29) is 0 Å². The molecule has 3 rings (SSSR count).